The molecule has 25 heavy (non-hydrogen) atoms. The Hall–Kier alpha value is -1.65. The van der Waals surface area contributed by atoms with Crippen LogP contribution in [0.15, 0.2) is 24.3 Å². The molecule has 0 unspecified atom stereocenters. The fraction of sp³-hybridized carbons (Fsp3) is 0.571. The molecule has 0 atom stereocenters. The van der Waals surface area contributed by atoms with E-state index in [1.54, 1.807) is 0 Å². The topological polar surface area (TPSA) is 55.6 Å². The van der Waals surface area contributed by atoms with Crippen LogP contribution < -0.4 is 5.73 Å². The van der Waals surface area contributed by atoms with E-state index in [0.29, 0.717) is 11.0 Å². The summed E-state index contributed by atoms with van der Waals surface area (Å²) < 4.78 is 5.41. The Morgan fingerprint density at radius 3 is 2.68 bits per heavy atom. The number of benzene rings is 1. The van der Waals surface area contributed by atoms with Crippen LogP contribution in [0.5, 0.6) is 0 Å². The number of nitrogens with two attached hydrogens (primary N) is 1. The van der Waals surface area contributed by atoms with Crippen LogP contribution in [-0.2, 0) is 11.2 Å². The van der Waals surface area contributed by atoms with Crippen LogP contribution >= 0.6 is 0 Å². The second kappa shape index (κ2) is 7.71. The van der Waals surface area contributed by atoms with Gasteiger partial charge in [-0.1, -0.05) is 32.1 Å². The van der Waals surface area contributed by atoms with Crippen LogP contribution in [0, 0.1) is 5.41 Å². The van der Waals surface area contributed by atoms with Gasteiger partial charge in [-0.15, -0.1) is 0 Å². The molecule has 0 aromatic heterocycles. The molecule has 0 radical (unpaired) electrons. The molecule has 0 spiro atoms. The molecule has 136 valence electrons. The van der Waals surface area contributed by atoms with Gasteiger partial charge in [0.1, 0.15) is 0 Å². The van der Waals surface area contributed by atoms with E-state index in [2.05, 4.69) is 37.0 Å². The number of carbonyl (C=O) groups excluding carboxylic acids is 1. The minimum absolute atomic E-state index is 0.333. The normalized spacial score (nSPS) is 21.0. The highest BCUT2D eigenvalue weighted by Crippen LogP contribution is 2.39. The molecule has 1 fully saturated rings. The molecule has 4 nitrogen and oxygen atoms in total. The molecule has 2 N–H and O–H groups in total. The number of allylic oxidation sites excluding steroid dienone is 2. The van der Waals surface area contributed by atoms with E-state index in [0.717, 1.165) is 64.1 Å². The van der Waals surface area contributed by atoms with E-state index >= 15 is 0 Å². The van der Waals surface area contributed by atoms with Gasteiger partial charge in [-0.05, 0) is 53.9 Å². The van der Waals surface area contributed by atoms with Crippen molar-refractivity contribution in [3.8, 4) is 0 Å². The molecule has 0 saturated carbocycles. The Bertz CT molecular complexity index is 658. The Morgan fingerprint density at radius 1 is 1.28 bits per heavy atom. The molecule has 3 rings (SSSR count). The van der Waals surface area contributed by atoms with Crippen molar-refractivity contribution in [3.63, 3.8) is 0 Å². The number of ether oxygens (including phenoxy) is 1. The average molecular weight is 342 g/mol. The zero-order valence-corrected chi connectivity index (χ0v) is 15.5. The van der Waals surface area contributed by atoms with Crippen molar-refractivity contribution < 1.29 is 9.53 Å². The molecule has 1 aromatic carbocycles. The summed E-state index contributed by atoms with van der Waals surface area (Å²) in [6, 6.07) is 6.15. The maximum atomic E-state index is 11.9. The fourth-order valence-electron chi connectivity index (χ4n) is 3.66. The van der Waals surface area contributed by atoms with Crippen molar-refractivity contribution in [2.24, 2.45) is 11.1 Å². The molecular weight excluding hydrogens is 312 g/mol. The van der Waals surface area contributed by atoms with E-state index in [4.69, 9.17) is 10.5 Å². The average Bonchev–Trinajstić information content (AvgIpc) is 2.60. The number of nitrogens with zero attached hydrogens (tertiary/aromatic N) is 1. The lowest BCUT2D eigenvalue weighted by Gasteiger charge is -2.29. The summed E-state index contributed by atoms with van der Waals surface area (Å²) in [7, 11) is 0. The van der Waals surface area contributed by atoms with E-state index in [-0.39, 0.29) is 5.91 Å². The van der Waals surface area contributed by atoms with Crippen LogP contribution in [0.25, 0.3) is 5.57 Å². The summed E-state index contributed by atoms with van der Waals surface area (Å²) in [5.74, 6) is -0.333. The Kier molecular flexibility index (Phi) is 5.60. The highest BCUT2D eigenvalue weighted by Gasteiger charge is 2.24. The van der Waals surface area contributed by atoms with Gasteiger partial charge in [-0.2, -0.15) is 0 Å². The lowest BCUT2D eigenvalue weighted by Crippen LogP contribution is -2.37. The summed E-state index contributed by atoms with van der Waals surface area (Å²) in [5.41, 5.74) is 10.2. The standard InChI is InChI=1S/C21H30N2O2/c1-21(2)8-5-17(6-9-21)19-15-16(3-4-18(19)20(22)24)7-10-23-11-13-25-14-12-23/h3-5,15H,6-14H2,1-2H3,(H2,22,24). The summed E-state index contributed by atoms with van der Waals surface area (Å²) in [6.45, 7) is 9.30. The van der Waals surface area contributed by atoms with E-state index in [1.165, 1.54) is 11.1 Å². The third kappa shape index (κ3) is 4.71. The first-order valence-corrected chi connectivity index (χ1v) is 9.37. The predicted octanol–water partition coefficient (Wildman–Crippen LogP) is 3.25. The molecule has 1 aromatic rings. The van der Waals surface area contributed by atoms with Crippen molar-refractivity contribution in [1.29, 1.82) is 0 Å². The number of hydrogen-bond donors (Lipinski definition) is 1. The van der Waals surface area contributed by atoms with Crippen molar-refractivity contribution in [2.75, 3.05) is 32.8 Å². The van der Waals surface area contributed by atoms with Crippen LogP contribution in [0.1, 0.15) is 54.6 Å². The maximum absolute atomic E-state index is 11.9. The molecule has 4 heteroatoms. The number of rotatable bonds is 5. The minimum atomic E-state index is -0.333. The molecule has 1 saturated heterocycles. The van der Waals surface area contributed by atoms with Crippen LogP contribution in [0.3, 0.4) is 0 Å². The monoisotopic (exact) mass is 342 g/mol. The fourth-order valence-corrected chi connectivity index (χ4v) is 3.66. The molecule has 1 amide bonds. The predicted molar refractivity (Wildman–Crippen MR) is 102 cm³/mol. The lowest BCUT2D eigenvalue weighted by atomic mass is 9.76. The quantitative estimate of drug-likeness (QED) is 0.893. The Balaban J connectivity index is 1.77. The molecular formula is C21H30N2O2. The SMILES string of the molecule is CC1(C)CC=C(c2cc(CCN3CCOCC3)ccc2C(N)=O)CC1. The van der Waals surface area contributed by atoms with Crippen LogP contribution in [0.4, 0.5) is 0 Å². The number of primary amides is 1. The summed E-state index contributed by atoms with van der Waals surface area (Å²) in [5, 5.41) is 0. The largest absolute Gasteiger partial charge is 0.379 e. The van der Waals surface area contributed by atoms with Crippen molar-refractivity contribution in [3.05, 3.63) is 41.0 Å². The van der Waals surface area contributed by atoms with E-state index in [1.807, 2.05) is 6.07 Å². The van der Waals surface area contributed by atoms with Crippen LogP contribution in [0.2, 0.25) is 0 Å². The maximum Gasteiger partial charge on any atom is 0.249 e. The van der Waals surface area contributed by atoms with Gasteiger partial charge in [0, 0.05) is 25.2 Å². The Labute approximate surface area is 151 Å². The second-order valence-electron chi connectivity index (χ2n) is 8.05. The molecule has 1 aliphatic carbocycles. The van der Waals surface area contributed by atoms with Crippen LogP contribution in [-0.4, -0.2) is 43.7 Å². The third-order valence-electron chi connectivity index (χ3n) is 5.49. The van der Waals surface area contributed by atoms with E-state index < -0.39 is 0 Å². The smallest absolute Gasteiger partial charge is 0.249 e. The van der Waals surface area contributed by atoms with Gasteiger partial charge in [0.25, 0.3) is 0 Å². The van der Waals surface area contributed by atoms with Crippen molar-refractivity contribution in [2.45, 2.75) is 39.5 Å². The Morgan fingerprint density at radius 2 is 2.04 bits per heavy atom. The van der Waals surface area contributed by atoms with Gasteiger partial charge < -0.3 is 10.5 Å². The first-order valence-electron chi connectivity index (χ1n) is 9.37. The minimum Gasteiger partial charge on any atom is -0.379 e. The molecule has 1 heterocycles. The van der Waals surface area contributed by atoms with Gasteiger partial charge in [0.05, 0.1) is 13.2 Å². The number of amides is 1. The number of carbonyl (C=O) groups is 1. The number of hydrogen-bond acceptors (Lipinski definition) is 3. The lowest BCUT2D eigenvalue weighted by molar-refractivity contribution is 0.0384. The van der Waals surface area contributed by atoms with Gasteiger partial charge >= 0.3 is 0 Å². The molecule has 2 aliphatic rings. The van der Waals surface area contributed by atoms with Gasteiger partial charge in [-0.3, -0.25) is 9.69 Å². The summed E-state index contributed by atoms with van der Waals surface area (Å²) >= 11 is 0. The summed E-state index contributed by atoms with van der Waals surface area (Å²) in [6.07, 6.45) is 6.51. The third-order valence-corrected chi connectivity index (χ3v) is 5.49. The first-order chi connectivity index (χ1) is 11.9. The second-order valence-corrected chi connectivity index (χ2v) is 8.05. The number of morpholine rings is 1. The highest BCUT2D eigenvalue weighted by molar-refractivity contribution is 5.98. The molecule has 0 bridgehead atoms. The zero-order chi connectivity index (χ0) is 17.9. The van der Waals surface area contributed by atoms with Gasteiger partial charge in [-0.25, -0.2) is 0 Å². The van der Waals surface area contributed by atoms with Crippen molar-refractivity contribution >= 4 is 11.5 Å². The van der Waals surface area contributed by atoms with Gasteiger partial charge in [0.15, 0.2) is 0 Å². The van der Waals surface area contributed by atoms with Crippen molar-refractivity contribution in [1.82, 2.24) is 4.90 Å². The zero-order valence-electron chi connectivity index (χ0n) is 15.5. The molecule has 1 aliphatic heterocycles. The van der Waals surface area contributed by atoms with Gasteiger partial charge in [0.2, 0.25) is 5.91 Å². The highest BCUT2D eigenvalue weighted by atomic mass is 16.5. The van der Waals surface area contributed by atoms with E-state index in [9.17, 15) is 4.79 Å². The first kappa shape index (κ1) is 18.2. The summed E-state index contributed by atoms with van der Waals surface area (Å²) in [4.78, 5) is 14.3.